The summed E-state index contributed by atoms with van der Waals surface area (Å²) in [6, 6.07) is 4.59. The first kappa shape index (κ1) is 26.1. The zero-order valence-electron chi connectivity index (χ0n) is 18.9. The number of alkyl halides is 3. The molecule has 2 atom stereocenters. The van der Waals surface area contributed by atoms with Gasteiger partial charge in [-0.15, -0.1) is 23.4 Å². The molecule has 36 heavy (non-hydrogen) atoms. The summed E-state index contributed by atoms with van der Waals surface area (Å²) in [4.78, 5) is 24.8. The van der Waals surface area contributed by atoms with E-state index in [2.05, 4.69) is 26.8 Å². The highest BCUT2D eigenvalue weighted by Gasteiger charge is 2.43. The predicted molar refractivity (Wildman–Crippen MR) is 118 cm³/mol. The molecule has 194 valence electrons. The first-order valence-electron chi connectivity index (χ1n) is 11.2. The lowest BCUT2D eigenvalue weighted by atomic mass is 9.82. The first-order chi connectivity index (χ1) is 17.0. The van der Waals surface area contributed by atoms with Gasteiger partial charge < -0.3 is 19.6 Å². The highest BCUT2D eigenvalue weighted by atomic mass is 35.5. The molecule has 2 unspecified atom stereocenters. The minimum absolute atomic E-state index is 0.0642. The second-order valence-electron chi connectivity index (χ2n) is 8.70. The molecule has 1 fully saturated rings. The second kappa shape index (κ2) is 10.2. The Bertz CT molecular complexity index is 1150. The maximum Gasteiger partial charge on any atom is 0.522 e. The number of nitrogens with one attached hydrogen (secondary N) is 1. The number of hydrogen-bond donors (Lipinski definition) is 2. The molecule has 2 aliphatic rings. The van der Waals surface area contributed by atoms with Crippen molar-refractivity contribution in [1.82, 2.24) is 15.5 Å². The molecule has 0 saturated heterocycles. The molecule has 9 nitrogen and oxygen atoms in total. The monoisotopic (exact) mass is 529 g/mol. The summed E-state index contributed by atoms with van der Waals surface area (Å²) in [5.74, 6) is -0.878. The molecule has 1 aromatic carbocycles. The van der Waals surface area contributed by atoms with Crippen molar-refractivity contribution in [2.45, 2.75) is 62.2 Å². The summed E-state index contributed by atoms with van der Waals surface area (Å²) in [6.07, 6.45) is -5.09. The van der Waals surface area contributed by atoms with E-state index in [4.69, 9.17) is 20.8 Å². The van der Waals surface area contributed by atoms with E-state index in [1.807, 2.05) is 0 Å². The molecule has 13 heteroatoms. The highest BCUT2D eigenvalue weighted by Crippen LogP contribution is 2.41. The van der Waals surface area contributed by atoms with Gasteiger partial charge in [0.05, 0.1) is 18.1 Å². The Morgan fingerprint density at radius 2 is 2.08 bits per heavy atom. The van der Waals surface area contributed by atoms with Crippen LogP contribution in [0.1, 0.15) is 60.2 Å². The van der Waals surface area contributed by atoms with Crippen molar-refractivity contribution in [3.63, 3.8) is 0 Å². The van der Waals surface area contributed by atoms with E-state index in [-0.39, 0.29) is 62.0 Å². The van der Waals surface area contributed by atoms with Crippen molar-refractivity contribution < 1.29 is 41.8 Å². The van der Waals surface area contributed by atoms with Gasteiger partial charge in [-0.25, -0.2) is 0 Å². The second-order valence-corrected chi connectivity index (χ2v) is 9.13. The number of aliphatic hydroxyl groups is 1. The summed E-state index contributed by atoms with van der Waals surface area (Å²) in [6.45, 7) is 3.75. The van der Waals surface area contributed by atoms with Crippen LogP contribution in [0.15, 0.2) is 35.3 Å². The molecule has 0 spiro atoms. The molecule has 2 heterocycles. The number of benzene rings is 1. The molecule has 1 saturated carbocycles. The SMILES string of the molecule is C=CC(O)(CCCNC(=O)C1CC(=O)c2cc(Cl)ccc2O1)c1nnc(C2CC(OC(F)(F)F)C2)o1. The smallest absolute Gasteiger partial charge is 0.479 e. The minimum atomic E-state index is -4.70. The molecule has 1 amide bonds. The molecule has 0 bridgehead atoms. The van der Waals surface area contributed by atoms with Crippen molar-refractivity contribution in [2.75, 3.05) is 6.54 Å². The number of rotatable bonds is 9. The lowest BCUT2D eigenvalue weighted by molar-refractivity contribution is -0.352. The Kier molecular flexibility index (Phi) is 7.39. The average Bonchev–Trinajstić information content (AvgIpc) is 3.28. The van der Waals surface area contributed by atoms with Gasteiger partial charge in [0.15, 0.2) is 17.5 Å². The molecule has 2 N–H and O–H groups in total. The van der Waals surface area contributed by atoms with Gasteiger partial charge in [0.2, 0.25) is 5.89 Å². The summed E-state index contributed by atoms with van der Waals surface area (Å²) >= 11 is 5.90. The molecule has 0 radical (unpaired) electrons. The van der Waals surface area contributed by atoms with Crippen LogP contribution >= 0.6 is 11.6 Å². The Balaban J connectivity index is 1.26. The fourth-order valence-electron chi connectivity index (χ4n) is 4.05. The van der Waals surface area contributed by atoms with Crippen LogP contribution in [-0.4, -0.2) is 52.1 Å². The number of carbonyl (C=O) groups is 2. The lowest BCUT2D eigenvalue weighted by Crippen LogP contribution is -2.42. The molecule has 4 rings (SSSR count). The van der Waals surface area contributed by atoms with Crippen LogP contribution in [0.3, 0.4) is 0 Å². The van der Waals surface area contributed by atoms with Gasteiger partial charge in [-0.3, -0.25) is 14.3 Å². The van der Waals surface area contributed by atoms with E-state index in [9.17, 15) is 27.9 Å². The maximum absolute atomic E-state index is 12.5. The van der Waals surface area contributed by atoms with Gasteiger partial charge in [0.1, 0.15) is 5.75 Å². The number of carbonyl (C=O) groups excluding carboxylic acids is 2. The van der Waals surface area contributed by atoms with E-state index in [0.29, 0.717) is 10.6 Å². The Morgan fingerprint density at radius 1 is 1.33 bits per heavy atom. The molecular weight excluding hydrogens is 507 g/mol. The number of halogens is 4. The van der Waals surface area contributed by atoms with Gasteiger partial charge in [-0.2, -0.15) is 0 Å². The van der Waals surface area contributed by atoms with Crippen LogP contribution in [0.2, 0.25) is 5.02 Å². The van der Waals surface area contributed by atoms with Gasteiger partial charge in [-0.05, 0) is 43.9 Å². The average molecular weight is 530 g/mol. The highest BCUT2D eigenvalue weighted by molar-refractivity contribution is 6.31. The summed E-state index contributed by atoms with van der Waals surface area (Å²) in [5.41, 5.74) is -1.37. The number of hydrogen-bond acceptors (Lipinski definition) is 8. The third kappa shape index (κ3) is 5.88. The molecule has 1 aromatic heterocycles. The van der Waals surface area contributed by atoms with Gasteiger partial charge in [0.25, 0.3) is 11.8 Å². The van der Waals surface area contributed by atoms with Gasteiger partial charge >= 0.3 is 6.36 Å². The van der Waals surface area contributed by atoms with Gasteiger partial charge in [-0.1, -0.05) is 24.3 Å². The van der Waals surface area contributed by atoms with Crippen molar-refractivity contribution in [3.05, 3.63) is 53.2 Å². The number of fused-ring (bicyclic) bond motifs is 1. The topological polar surface area (TPSA) is 124 Å². The third-order valence-corrected chi connectivity index (χ3v) is 6.34. The van der Waals surface area contributed by atoms with Crippen molar-refractivity contribution in [1.29, 1.82) is 0 Å². The maximum atomic E-state index is 12.5. The fraction of sp³-hybridized carbons (Fsp3) is 0.478. The lowest BCUT2D eigenvalue weighted by Gasteiger charge is -2.32. The standard InChI is InChI=1S/C23H23ClF3N3O6/c1-2-22(33,21-30-29-20(35-21)12-8-14(9-12)36-23(25,26)27)6-3-7-28-19(32)18-11-16(31)15-10-13(24)4-5-17(15)34-18/h2,4-5,10,12,14,18,33H,1,3,6-9,11H2,(H,28,32). The number of ketones is 1. The summed E-state index contributed by atoms with van der Waals surface area (Å²) in [5, 5.41) is 21.6. The Morgan fingerprint density at radius 3 is 2.78 bits per heavy atom. The molecule has 1 aliphatic heterocycles. The van der Waals surface area contributed by atoms with E-state index in [0.717, 1.165) is 0 Å². The van der Waals surface area contributed by atoms with E-state index in [1.165, 1.54) is 18.2 Å². The number of amides is 1. The molecule has 1 aliphatic carbocycles. The summed E-state index contributed by atoms with van der Waals surface area (Å²) in [7, 11) is 0. The minimum Gasteiger partial charge on any atom is -0.479 e. The Hall–Kier alpha value is -2.96. The Labute approximate surface area is 208 Å². The molecule has 2 aromatic rings. The van der Waals surface area contributed by atoms with Crippen molar-refractivity contribution in [3.8, 4) is 5.75 Å². The van der Waals surface area contributed by atoms with E-state index < -0.39 is 36.0 Å². The first-order valence-corrected chi connectivity index (χ1v) is 11.6. The van der Waals surface area contributed by atoms with Crippen molar-refractivity contribution in [2.24, 2.45) is 0 Å². The third-order valence-electron chi connectivity index (χ3n) is 6.10. The largest absolute Gasteiger partial charge is 0.522 e. The van der Waals surface area contributed by atoms with Crippen molar-refractivity contribution >= 4 is 23.3 Å². The van der Waals surface area contributed by atoms with Crippen LogP contribution < -0.4 is 10.1 Å². The number of ether oxygens (including phenoxy) is 2. The molecular formula is C23H23ClF3N3O6. The van der Waals surface area contributed by atoms with Crippen LogP contribution in [0.5, 0.6) is 5.75 Å². The zero-order valence-corrected chi connectivity index (χ0v) is 19.6. The van der Waals surface area contributed by atoms with E-state index >= 15 is 0 Å². The van der Waals surface area contributed by atoms with Gasteiger partial charge in [0, 0.05) is 17.5 Å². The van der Waals surface area contributed by atoms with E-state index in [1.54, 1.807) is 6.07 Å². The number of nitrogens with zero attached hydrogens (tertiary/aromatic N) is 2. The van der Waals surface area contributed by atoms with Crippen LogP contribution in [-0.2, 0) is 15.1 Å². The zero-order chi connectivity index (χ0) is 26.1. The number of Topliss-reactive ketones (excluding diaryl/α,β-unsaturated/α-hetero) is 1. The summed E-state index contributed by atoms with van der Waals surface area (Å²) < 4.78 is 51.9. The van der Waals surface area contributed by atoms with Crippen LogP contribution in [0.4, 0.5) is 13.2 Å². The van der Waals surface area contributed by atoms with Crippen LogP contribution in [0, 0.1) is 0 Å². The number of aromatic nitrogens is 2. The normalized spacial score (nSPS) is 23.1. The quantitative estimate of drug-likeness (QED) is 0.371. The predicted octanol–water partition coefficient (Wildman–Crippen LogP) is 3.81. The fourth-order valence-corrected chi connectivity index (χ4v) is 4.22. The van der Waals surface area contributed by atoms with Crippen LogP contribution in [0.25, 0.3) is 0 Å².